The van der Waals surface area contributed by atoms with Crippen molar-refractivity contribution < 1.29 is 17.9 Å². The van der Waals surface area contributed by atoms with Gasteiger partial charge in [-0.1, -0.05) is 48.5 Å². The molecule has 6 heteroatoms. The van der Waals surface area contributed by atoms with E-state index in [1.54, 1.807) is 48.5 Å². The van der Waals surface area contributed by atoms with Crippen molar-refractivity contribution in [3.8, 4) is 5.75 Å². The molecule has 2 aromatic carbocycles. The summed E-state index contributed by atoms with van der Waals surface area (Å²) in [4.78, 5) is 13.7. The van der Waals surface area contributed by atoms with Gasteiger partial charge in [-0.3, -0.25) is 0 Å². The summed E-state index contributed by atoms with van der Waals surface area (Å²) < 4.78 is 30.0. The molecule has 1 saturated heterocycles. The number of nitrogens with zero attached hydrogens (tertiary/aromatic N) is 1. The van der Waals surface area contributed by atoms with Crippen LogP contribution in [0.2, 0.25) is 0 Å². The Kier molecular flexibility index (Phi) is 4.34. The van der Waals surface area contributed by atoms with E-state index in [0.29, 0.717) is 11.3 Å². The van der Waals surface area contributed by atoms with Crippen molar-refractivity contribution in [2.24, 2.45) is 0 Å². The van der Waals surface area contributed by atoms with E-state index >= 15 is 0 Å². The van der Waals surface area contributed by atoms with Gasteiger partial charge >= 0.3 is 6.09 Å². The zero-order valence-corrected chi connectivity index (χ0v) is 13.3. The van der Waals surface area contributed by atoms with Gasteiger partial charge in [-0.25, -0.2) is 13.2 Å². The number of rotatable bonds is 2. The zero-order valence-electron chi connectivity index (χ0n) is 12.5. The number of ether oxygens (including phenoxy) is 1. The Morgan fingerprint density at radius 3 is 2.26 bits per heavy atom. The molecule has 5 nitrogen and oxygen atoms in total. The molecule has 1 aliphatic heterocycles. The van der Waals surface area contributed by atoms with Gasteiger partial charge in [-0.15, -0.1) is 0 Å². The van der Waals surface area contributed by atoms with Crippen molar-refractivity contribution in [2.75, 3.05) is 18.8 Å². The smallest absolute Gasteiger partial charge is 0.410 e. The van der Waals surface area contributed by atoms with Crippen molar-refractivity contribution in [1.29, 1.82) is 0 Å². The Morgan fingerprint density at radius 2 is 1.61 bits per heavy atom. The number of hydrogen-bond donors (Lipinski definition) is 0. The number of para-hydroxylation sites is 1. The van der Waals surface area contributed by atoms with Gasteiger partial charge < -0.3 is 9.64 Å². The largest absolute Gasteiger partial charge is 0.415 e. The first kappa shape index (κ1) is 15.6. The summed E-state index contributed by atoms with van der Waals surface area (Å²) in [6.07, 6.45) is -0.521. The van der Waals surface area contributed by atoms with E-state index in [2.05, 4.69) is 0 Å². The van der Waals surface area contributed by atoms with Gasteiger partial charge in [0.1, 0.15) is 11.0 Å². The average Bonchev–Trinajstić information content (AvgIpc) is 2.56. The van der Waals surface area contributed by atoms with Crippen LogP contribution in [0.5, 0.6) is 5.75 Å². The van der Waals surface area contributed by atoms with E-state index in [0.717, 1.165) is 0 Å². The normalized spacial score (nSPS) is 20.0. The third-order valence-electron chi connectivity index (χ3n) is 3.84. The summed E-state index contributed by atoms with van der Waals surface area (Å²) in [5, 5.41) is -0.708. The van der Waals surface area contributed by atoms with Gasteiger partial charge in [0, 0.05) is 13.1 Å². The van der Waals surface area contributed by atoms with Crippen LogP contribution in [0.25, 0.3) is 0 Å². The third-order valence-corrected chi connectivity index (χ3v) is 5.88. The number of carbonyl (C=O) groups excluding carboxylic acids is 1. The van der Waals surface area contributed by atoms with Gasteiger partial charge in [0.2, 0.25) is 0 Å². The van der Waals surface area contributed by atoms with E-state index in [4.69, 9.17) is 4.74 Å². The second-order valence-corrected chi connectivity index (χ2v) is 7.70. The molecule has 0 aliphatic carbocycles. The maximum absolute atomic E-state index is 12.3. The molecule has 0 spiro atoms. The van der Waals surface area contributed by atoms with Crippen molar-refractivity contribution in [3.63, 3.8) is 0 Å². The molecule has 1 aliphatic rings. The average molecular weight is 331 g/mol. The fraction of sp³-hybridized carbons (Fsp3) is 0.235. The first-order chi connectivity index (χ1) is 11.1. The molecule has 0 aromatic heterocycles. The first-order valence-electron chi connectivity index (χ1n) is 7.34. The van der Waals surface area contributed by atoms with Crippen LogP contribution in [0.4, 0.5) is 4.79 Å². The van der Waals surface area contributed by atoms with Crippen LogP contribution in [0.1, 0.15) is 10.8 Å². The molecular weight excluding hydrogens is 314 g/mol. The summed E-state index contributed by atoms with van der Waals surface area (Å²) in [5.41, 5.74) is 0.699. The summed E-state index contributed by atoms with van der Waals surface area (Å²) in [7, 11) is -3.27. The molecule has 1 fully saturated rings. The highest BCUT2D eigenvalue weighted by molar-refractivity contribution is 7.91. The summed E-state index contributed by atoms with van der Waals surface area (Å²) in [5.74, 6) is 0.387. The predicted octanol–water partition coefficient (Wildman–Crippen LogP) is 2.66. The van der Waals surface area contributed by atoms with E-state index in [-0.39, 0.29) is 18.8 Å². The lowest BCUT2D eigenvalue weighted by Crippen LogP contribution is -2.46. The van der Waals surface area contributed by atoms with Crippen molar-refractivity contribution in [1.82, 2.24) is 4.90 Å². The molecule has 120 valence electrons. The van der Waals surface area contributed by atoms with E-state index in [1.807, 2.05) is 12.1 Å². The molecule has 0 bridgehead atoms. The Morgan fingerprint density at radius 1 is 1.00 bits per heavy atom. The lowest BCUT2D eigenvalue weighted by atomic mass is 10.1. The lowest BCUT2D eigenvalue weighted by molar-refractivity contribution is 0.153. The molecule has 1 amide bonds. The third kappa shape index (κ3) is 3.53. The standard InChI is InChI=1S/C17H17NO4S/c19-17(22-15-9-5-2-6-10-15)18-11-12-23(20,21)16(13-18)14-7-3-1-4-8-14/h1-10,16H,11-13H2. The van der Waals surface area contributed by atoms with Gasteiger partial charge in [-0.2, -0.15) is 0 Å². The van der Waals surface area contributed by atoms with Crippen molar-refractivity contribution in [2.45, 2.75) is 5.25 Å². The molecule has 3 rings (SSSR count). The number of hydrogen-bond acceptors (Lipinski definition) is 4. The van der Waals surface area contributed by atoms with Gasteiger partial charge in [0.05, 0.1) is 5.75 Å². The van der Waals surface area contributed by atoms with Gasteiger partial charge in [0.25, 0.3) is 0 Å². The SMILES string of the molecule is O=C(Oc1ccccc1)N1CCS(=O)(=O)C(c2ccccc2)C1. The van der Waals surface area contributed by atoms with Crippen LogP contribution >= 0.6 is 0 Å². The van der Waals surface area contributed by atoms with Crippen LogP contribution in [-0.4, -0.2) is 38.3 Å². The minimum atomic E-state index is -3.27. The highest BCUT2D eigenvalue weighted by atomic mass is 32.2. The Bertz CT molecular complexity index is 775. The fourth-order valence-corrected chi connectivity index (χ4v) is 4.32. The number of amides is 1. The Hall–Kier alpha value is -2.34. The second-order valence-electron chi connectivity index (χ2n) is 5.39. The maximum Gasteiger partial charge on any atom is 0.415 e. The number of carbonyl (C=O) groups is 1. The lowest BCUT2D eigenvalue weighted by Gasteiger charge is -2.32. The van der Waals surface area contributed by atoms with Crippen molar-refractivity contribution in [3.05, 3.63) is 66.2 Å². The van der Waals surface area contributed by atoms with E-state index in [1.165, 1.54) is 4.90 Å². The van der Waals surface area contributed by atoms with Crippen LogP contribution in [0.3, 0.4) is 0 Å². The van der Waals surface area contributed by atoms with Crippen LogP contribution < -0.4 is 4.74 Å². The molecule has 2 aromatic rings. The van der Waals surface area contributed by atoms with Crippen LogP contribution in [0.15, 0.2) is 60.7 Å². The molecule has 1 unspecified atom stereocenters. The summed E-state index contributed by atoms with van der Waals surface area (Å²) in [6.45, 7) is 0.259. The fourth-order valence-electron chi connectivity index (χ4n) is 2.58. The molecule has 23 heavy (non-hydrogen) atoms. The molecule has 0 saturated carbocycles. The molecule has 1 heterocycles. The molecule has 0 radical (unpaired) electrons. The summed E-state index contributed by atoms with van der Waals surface area (Å²) in [6, 6.07) is 17.7. The van der Waals surface area contributed by atoms with Crippen LogP contribution in [0, 0.1) is 0 Å². The van der Waals surface area contributed by atoms with E-state index in [9.17, 15) is 13.2 Å². The topological polar surface area (TPSA) is 63.7 Å². The molecule has 1 atom stereocenters. The summed E-state index contributed by atoms with van der Waals surface area (Å²) >= 11 is 0. The molecule has 0 N–H and O–H groups in total. The van der Waals surface area contributed by atoms with Gasteiger partial charge in [0.15, 0.2) is 9.84 Å². The highest BCUT2D eigenvalue weighted by Crippen LogP contribution is 2.28. The minimum Gasteiger partial charge on any atom is -0.410 e. The highest BCUT2D eigenvalue weighted by Gasteiger charge is 2.36. The van der Waals surface area contributed by atoms with E-state index < -0.39 is 21.2 Å². The predicted molar refractivity (Wildman–Crippen MR) is 87.0 cm³/mol. The second kappa shape index (κ2) is 6.42. The van der Waals surface area contributed by atoms with Crippen LogP contribution in [-0.2, 0) is 9.84 Å². The Balaban J connectivity index is 1.77. The quantitative estimate of drug-likeness (QED) is 0.849. The first-order valence-corrected chi connectivity index (χ1v) is 9.06. The monoisotopic (exact) mass is 331 g/mol. The zero-order chi connectivity index (χ0) is 16.3. The Labute approximate surface area is 135 Å². The van der Waals surface area contributed by atoms with Crippen molar-refractivity contribution >= 4 is 15.9 Å². The number of benzene rings is 2. The number of sulfone groups is 1. The minimum absolute atomic E-state index is 0.0591. The van der Waals surface area contributed by atoms with Gasteiger partial charge in [-0.05, 0) is 17.7 Å². The molecular formula is C17H17NO4S. The maximum atomic E-state index is 12.3.